The molecule has 0 saturated heterocycles. The number of anilines is 1. The van der Waals surface area contributed by atoms with Crippen LogP contribution in [0.25, 0.3) is 0 Å². The molecule has 2 N–H and O–H groups in total. The molecule has 0 heterocycles. The fraction of sp³-hybridized carbons (Fsp3) is 0.647. The molecule has 2 bridgehead atoms. The van der Waals surface area contributed by atoms with Crippen LogP contribution in [-0.4, -0.2) is 6.10 Å². The molecule has 3 unspecified atom stereocenters. The maximum atomic E-state index is 6.26. The summed E-state index contributed by atoms with van der Waals surface area (Å²) in [4.78, 5) is 0. The predicted octanol–water partition coefficient (Wildman–Crippen LogP) is 4.65. The van der Waals surface area contributed by atoms with Gasteiger partial charge in [-0.2, -0.15) is 0 Å². The Bertz CT molecular complexity index is 528. The lowest BCUT2D eigenvalue weighted by atomic mass is 9.70. The predicted molar refractivity (Wildman–Crippen MR) is 83.7 cm³/mol. The highest BCUT2D eigenvalue weighted by Gasteiger charge is 2.61. The molecule has 1 aromatic carbocycles. The van der Waals surface area contributed by atoms with Gasteiger partial charge in [0.15, 0.2) is 0 Å². The van der Waals surface area contributed by atoms with E-state index in [4.69, 9.17) is 22.1 Å². The van der Waals surface area contributed by atoms with E-state index in [1.54, 1.807) is 0 Å². The fourth-order valence-electron chi connectivity index (χ4n) is 4.27. The molecule has 0 amide bonds. The number of rotatable bonds is 3. The number of nitrogens with two attached hydrogens (primary N) is 1. The third-order valence-electron chi connectivity index (χ3n) is 6.26. The lowest BCUT2D eigenvalue weighted by Crippen LogP contribution is -2.37. The van der Waals surface area contributed by atoms with Crippen LogP contribution in [-0.2, 0) is 11.3 Å². The van der Waals surface area contributed by atoms with Crippen molar-refractivity contribution in [3.05, 3.63) is 28.8 Å². The lowest BCUT2D eigenvalue weighted by Gasteiger charge is -2.39. The van der Waals surface area contributed by atoms with Gasteiger partial charge >= 0.3 is 0 Å². The standard InChI is InChI=1S/C17H24ClNO/c1-16(2)12-6-7-17(16,3)15(9-12)20-10-11-8-13(18)4-5-14(11)19/h4-5,8,12,15H,6-7,9-10,19H2,1-3H3. The smallest absolute Gasteiger partial charge is 0.0741 e. The summed E-state index contributed by atoms with van der Waals surface area (Å²) in [5.74, 6) is 0.800. The number of benzene rings is 1. The highest BCUT2D eigenvalue weighted by molar-refractivity contribution is 6.30. The number of halogens is 1. The van der Waals surface area contributed by atoms with Crippen LogP contribution >= 0.6 is 11.6 Å². The summed E-state index contributed by atoms with van der Waals surface area (Å²) in [6.45, 7) is 7.77. The van der Waals surface area contributed by atoms with E-state index in [0.717, 1.165) is 22.2 Å². The van der Waals surface area contributed by atoms with Crippen LogP contribution in [0.2, 0.25) is 5.02 Å². The van der Waals surface area contributed by atoms with E-state index in [0.29, 0.717) is 23.5 Å². The largest absolute Gasteiger partial charge is 0.398 e. The summed E-state index contributed by atoms with van der Waals surface area (Å²) in [6.07, 6.45) is 4.15. The van der Waals surface area contributed by atoms with Crippen LogP contribution in [0, 0.1) is 16.7 Å². The van der Waals surface area contributed by atoms with Crippen LogP contribution in [0.3, 0.4) is 0 Å². The maximum Gasteiger partial charge on any atom is 0.0741 e. The highest BCUT2D eigenvalue weighted by atomic mass is 35.5. The van der Waals surface area contributed by atoms with E-state index >= 15 is 0 Å². The average Bonchev–Trinajstić information content (AvgIpc) is 2.72. The number of nitrogen functional groups attached to an aromatic ring is 1. The molecule has 2 saturated carbocycles. The van der Waals surface area contributed by atoms with Crippen molar-refractivity contribution in [3.8, 4) is 0 Å². The van der Waals surface area contributed by atoms with E-state index < -0.39 is 0 Å². The molecule has 0 spiro atoms. The van der Waals surface area contributed by atoms with Crippen molar-refractivity contribution in [2.75, 3.05) is 5.73 Å². The summed E-state index contributed by atoms with van der Waals surface area (Å²) in [7, 11) is 0. The Kier molecular flexibility index (Phi) is 3.30. The van der Waals surface area contributed by atoms with E-state index in [-0.39, 0.29) is 0 Å². The van der Waals surface area contributed by atoms with E-state index in [1.165, 1.54) is 19.3 Å². The molecule has 1 aromatic rings. The Hall–Kier alpha value is -0.730. The first-order valence-electron chi connectivity index (χ1n) is 7.50. The van der Waals surface area contributed by atoms with Crippen molar-refractivity contribution in [2.45, 2.75) is 52.7 Å². The second-order valence-corrected chi connectivity index (χ2v) is 7.69. The molecule has 3 atom stereocenters. The lowest BCUT2D eigenvalue weighted by molar-refractivity contribution is -0.0548. The van der Waals surface area contributed by atoms with Crippen molar-refractivity contribution < 1.29 is 4.74 Å². The van der Waals surface area contributed by atoms with Gasteiger partial charge in [-0.25, -0.2) is 0 Å². The van der Waals surface area contributed by atoms with Crippen molar-refractivity contribution >= 4 is 17.3 Å². The molecule has 2 nitrogen and oxygen atoms in total. The van der Waals surface area contributed by atoms with Gasteiger partial charge in [-0.1, -0.05) is 32.4 Å². The van der Waals surface area contributed by atoms with E-state index in [9.17, 15) is 0 Å². The Labute approximate surface area is 126 Å². The van der Waals surface area contributed by atoms with Crippen molar-refractivity contribution in [1.29, 1.82) is 0 Å². The van der Waals surface area contributed by atoms with Crippen LogP contribution in [0.5, 0.6) is 0 Å². The van der Waals surface area contributed by atoms with Gasteiger partial charge in [0.05, 0.1) is 12.7 Å². The number of ether oxygens (including phenoxy) is 1. The molecule has 3 rings (SSSR count). The molecule has 20 heavy (non-hydrogen) atoms. The molecular weight excluding hydrogens is 270 g/mol. The molecule has 3 heteroatoms. The van der Waals surface area contributed by atoms with Gasteiger partial charge in [-0.05, 0) is 54.2 Å². The number of fused-ring (bicyclic) bond motifs is 2. The van der Waals surface area contributed by atoms with Gasteiger partial charge in [0, 0.05) is 16.3 Å². The Balaban J connectivity index is 1.73. The molecule has 2 aliphatic rings. The average molecular weight is 294 g/mol. The van der Waals surface area contributed by atoms with Gasteiger partial charge in [0.1, 0.15) is 0 Å². The summed E-state index contributed by atoms with van der Waals surface area (Å²) < 4.78 is 6.26. The number of hydrogen-bond acceptors (Lipinski definition) is 2. The quantitative estimate of drug-likeness (QED) is 0.823. The molecule has 0 aromatic heterocycles. The Morgan fingerprint density at radius 3 is 2.70 bits per heavy atom. The van der Waals surface area contributed by atoms with Crippen LogP contribution in [0.4, 0.5) is 5.69 Å². The molecule has 2 aliphatic carbocycles. The minimum Gasteiger partial charge on any atom is -0.398 e. The first kappa shape index (κ1) is 14.2. The van der Waals surface area contributed by atoms with E-state index in [1.807, 2.05) is 18.2 Å². The Morgan fingerprint density at radius 2 is 2.10 bits per heavy atom. The third-order valence-corrected chi connectivity index (χ3v) is 6.49. The van der Waals surface area contributed by atoms with Gasteiger partial charge in [0.2, 0.25) is 0 Å². The Morgan fingerprint density at radius 1 is 1.35 bits per heavy atom. The summed E-state index contributed by atoms with van der Waals surface area (Å²) in [6, 6.07) is 5.59. The fourth-order valence-corrected chi connectivity index (χ4v) is 4.47. The zero-order valence-electron chi connectivity index (χ0n) is 12.6. The molecule has 110 valence electrons. The normalized spacial score (nSPS) is 34.6. The number of hydrogen-bond donors (Lipinski definition) is 1. The second kappa shape index (κ2) is 4.64. The maximum absolute atomic E-state index is 6.26. The zero-order chi connectivity index (χ0) is 14.5. The second-order valence-electron chi connectivity index (χ2n) is 7.25. The van der Waals surface area contributed by atoms with Crippen molar-refractivity contribution in [3.63, 3.8) is 0 Å². The SMILES string of the molecule is CC1(C)C2CCC1(C)C(OCc1cc(Cl)ccc1N)C2. The van der Waals surface area contributed by atoms with Gasteiger partial charge < -0.3 is 10.5 Å². The molecule has 0 aliphatic heterocycles. The highest BCUT2D eigenvalue weighted by Crippen LogP contribution is 2.66. The van der Waals surface area contributed by atoms with Crippen molar-refractivity contribution in [1.82, 2.24) is 0 Å². The zero-order valence-corrected chi connectivity index (χ0v) is 13.3. The van der Waals surface area contributed by atoms with Crippen LogP contribution in [0.1, 0.15) is 45.6 Å². The van der Waals surface area contributed by atoms with Gasteiger partial charge in [0.25, 0.3) is 0 Å². The van der Waals surface area contributed by atoms with Gasteiger partial charge in [-0.3, -0.25) is 0 Å². The van der Waals surface area contributed by atoms with Gasteiger partial charge in [-0.15, -0.1) is 0 Å². The molecule has 0 radical (unpaired) electrons. The van der Waals surface area contributed by atoms with Crippen LogP contribution < -0.4 is 5.73 Å². The summed E-state index contributed by atoms with van der Waals surface area (Å²) in [5, 5.41) is 0.720. The van der Waals surface area contributed by atoms with Crippen molar-refractivity contribution in [2.24, 2.45) is 16.7 Å². The third kappa shape index (κ3) is 1.96. The van der Waals surface area contributed by atoms with E-state index in [2.05, 4.69) is 20.8 Å². The topological polar surface area (TPSA) is 35.2 Å². The first-order valence-corrected chi connectivity index (χ1v) is 7.88. The summed E-state index contributed by atoms with van der Waals surface area (Å²) in [5.41, 5.74) is 8.45. The molecular formula is C17H24ClNO. The monoisotopic (exact) mass is 293 g/mol. The minimum atomic E-state index is 0.297. The molecule has 2 fully saturated rings. The minimum absolute atomic E-state index is 0.297. The first-order chi connectivity index (χ1) is 9.34. The summed E-state index contributed by atoms with van der Waals surface area (Å²) >= 11 is 6.04. The van der Waals surface area contributed by atoms with Crippen LogP contribution in [0.15, 0.2) is 18.2 Å².